The number of hydrogen-bond donors (Lipinski definition) is 1. The van der Waals surface area contributed by atoms with Gasteiger partial charge in [-0.2, -0.15) is 0 Å². The summed E-state index contributed by atoms with van der Waals surface area (Å²) in [5.41, 5.74) is 0. The van der Waals surface area contributed by atoms with Gasteiger partial charge in [0.05, 0.1) is 0 Å². The third-order valence-corrected chi connectivity index (χ3v) is 9.08. The Morgan fingerprint density at radius 2 is 0.698 bits per heavy atom. The van der Waals surface area contributed by atoms with Crippen molar-refractivity contribution in [2.24, 2.45) is 0 Å². The predicted molar refractivity (Wildman–Crippen MR) is 186 cm³/mol. The lowest BCUT2D eigenvalue weighted by atomic mass is 10.0. The predicted octanol–water partition coefficient (Wildman–Crippen LogP) is 13.3. The Kier molecular flexibility index (Phi) is 34.5. The number of carboxylic acid groups (broad SMARTS) is 1. The molecule has 0 aromatic rings. The zero-order valence-electron chi connectivity index (χ0n) is 29.3. The first-order valence-corrected chi connectivity index (χ1v) is 19.5. The summed E-state index contributed by atoms with van der Waals surface area (Å²) in [4.78, 5) is 23.2. The van der Waals surface area contributed by atoms with Gasteiger partial charge in [0.1, 0.15) is 6.10 Å². The van der Waals surface area contributed by atoms with Crippen molar-refractivity contribution < 1.29 is 19.4 Å². The van der Waals surface area contributed by atoms with Crippen LogP contribution in [0.4, 0.5) is 0 Å². The molecule has 1 unspecified atom stereocenters. The van der Waals surface area contributed by atoms with Gasteiger partial charge in [-0.15, -0.1) is 0 Å². The van der Waals surface area contributed by atoms with Crippen LogP contribution in [-0.4, -0.2) is 23.1 Å². The second-order valence-corrected chi connectivity index (χ2v) is 13.5. The van der Waals surface area contributed by atoms with Crippen molar-refractivity contribution in [3.05, 3.63) is 0 Å². The van der Waals surface area contributed by atoms with Gasteiger partial charge in [0.15, 0.2) is 0 Å². The molecule has 0 aliphatic rings. The zero-order valence-corrected chi connectivity index (χ0v) is 29.3. The van der Waals surface area contributed by atoms with Crippen LogP contribution in [0.5, 0.6) is 0 Å². The quantitative estimate of drug-likeness (QED) is 0.0567. The Morgan fingerprint density at radius 3 is 1.02 bits per heavy atom. The monoisotopic (exact) mass is 609 g/mol. The second kappa shape index (κ2) is 35.4. The van der Waals surface area contributed by atoms with Gasteiger partial charge < -0.3 is 9.84 Å². The lowest BCUT2D eigenvalue weighted by Crippen LogP contribution is -2.18. The van der Waals surface area contributed by atoms with Crippen LogP contribution in [0, 0.1) is 0 Å². The molecule has 0 spiro atoms. The number of carbonyl (C=O) groups excluding carboxylic acids is 1. The number of hydrogen-bond acceptors (Lipinski definition) is 3. The minimum Gasteiger partial charge on any atom is -0.481 e. The smallest absolute Gasteiger partial charge is 0.306 e. The molecule has 0 aromatic heterocycles. The van der Waals surface area contributed by atoms with Gasteiger partial charge in [0.2, 0.25) is 0 Å². The van der Waals surface area contributed by atoms with E-state index in [1.165, 1.54) is 141 Å². The fraction of sp³-hybridized carbons (Fsp3) is 0.949. The van der Waals surface area contributed by atoms with E-state index >= 15 is 0 Å². The summed E-state index contributed by atoms with van der Waals surface area (Å²) in [6.45, 7) is 4.54. The van der Waals surface area contributed by atoms with Gasteiger partial charge in [-0.1, -0.05) is 181 Å². The minimum atomic E-state index is -0.698. The first-order chi connectivity index (χ1) is 21.1. The highest BCUT2D eigenvalue weighted by Crippen LogP contribution is 2.19. The Labute approximate surface area is 269 Å². The van der Waals surface area contributed by atoms with Crippen LogP contribution >= 0.6 is 0 Å². The molecular weight excluding hydrogens is 532 g/mol. The average Bonchev–Trinajstić information content (AvgIpc) is 2.99. The molecule has 0 radical (unpaired) electrons. The summed E-state index contributed by atoms with van der Waals surface area (Å²) < 4.78 is 5.96. The molecule has 4 nitrogen and oxygen atoms in total. The molecule has 0 amide bonds. The number of rotatable bonds is 36. The maximum atomic E-state index is 12.6. The topological polar surface area (TPSA) is 63.6 Å². The standard InChI is InChI=1S/C39H76O4/c1-3-5-7-9-11-12-13-14-15-16-17-18-19-20-21-22-23-28-32-36-39(42)43-37(33-29-25-10-8-6-4-2)34-30-26-24-27-31-35-38(40)41/h37H,3-36H2,1-2H3,(H,40,41). The maximum Gasteiger partial charge on any atom is 0.306 e. The van der Waals surface area contributed by atoms with Crippen molar-refractivity contribution >= 4 is 11.9 Å². The highest BCUT2D eigenvalue weighted by molar-refractivity contribution is 5.69. The van der Waals surface area contributed by atoms with Crippen LogP contribution in [0.3, 0.4) is 0 Å². The molecule has 256 valence electrons. The van der Waals surface area contributed by atoms with Crippen molar-refractivity contribution in [2.75, 3.05) is 0 Å². The molecule has 0 aliphatic carbocycles. The molecule has 0 aromatic carbocycles. The minimum absolute atomic E-state index is 0.00409. The summed E-state index contributed by atoms with van der Waals surface area (Å²) in [5.74, 6) is -0.694. The van der Waals surface area contributed by atoms with E-state index < -0.39 is 5.97 Å². The van der Waals surface area contributed by atoms with E-state index in [1.54, 1.807) is 0 Å². The Hall–Kier alpha value is -1.06. The molecule has 1 atom stereocenters. The average molecular weight is 609 g/mol. The molecule has 4 heteroatoms. The van der Waals surface area contributed by atoms with Crippen LogP contribution in [0.25, 0.3) is 0 Å². The van der Waals surface area contributed by atoms with E-state index in [4.69, 9.17) is 9.84 Å². The Bertz CT molecular complexity index is 576. The van der Waals surface area contributed by atoms with E-state index in [0.29, 0.717) is 6.42 Å². The number of esters is 1. The van der Waals surface area contributed by atoms with E-state index in [2.05, 4.69) is 13.8 Å². The third kappa shape index (κ3) is 35.3. The highest BCUT2D eigenvalue weighted by Gasteiger charge is 2.14. The number of carbonyl (C=O) groups is 2. The van der Waals surface area contributed by atoms with Crippen LogP contribution in [0.2, 0.25) is 0 Å². The van der Waals surface area contributed by atoms with E-state index in [1.807, 2.05) is 0 Å². The summed E-state index contributed by atoms with van der Waals surface area (Å²) in [6, 6.07) is 0. The summed E-state index contributed by atoms with van der Waals surface area (Å²) in [5, 5.41) is 8.78. The molecule has 0 aliphatic heterocycles. The second-order valence-electron chi connectivity index (χ2n) is 13.5. The van der Waals surface area contributed by atoms with Gasteiger partial charge >= 0.3 is 11.9 Å². The molecule has 43 heavy (non-hydrogen) atoms. The molecular formula is C39H76O4. The van der Waals surface area contributed by atoms with Crippen molar-refractivity contribution in [2.45, 2.75) is 238 Å². The van der Waals surface area contributed by atoms with Crippen LogP contribution in [-0.2, 0) is 14.3 Å². The molecule has 0 bridgehead atoms. The highest BCUT2D eigenvalue weighted by atomic mass is 16.5. The lowest BCUT2D eigenvalue weighted by molar-refractivity contribution is -0.150. The Balaban J connectivity index is 3.75. The lowest BCUT2D eigenvalue weighted by Gasteiger charge is -2.18. The van der Waals surface area contributed by atoms with Crippen molar-refractivity contribution in [3.63, 3.8) is 0 Å². The van der Waals surface area contributed by atoms with E-state index in [0.717, 1.165) is 64.2 Å². The fourth-order valence-corrected chi connectivity index (χ4v) is 6.19. The normalized spacial score (nSPS) is 12.0. The molecule has 1 N–H and O–H groups in total. The number of aliphatic carboxylic acids is 1. The van der Waals surface area contributed by atoms with Gasteiger partial charge in [-0.25, -0.2) is 0 Å². The SMILES string of the molecule is CCCCCCCCCCCCCCCCCCCCCC(=O)OC(CCCCCCCC)CCCCCCCC(=O)O. The maximum absolute atomic E-state index is 12.6. The van der Waals surface area contributed by atoms with Crippen molar-refractivity contribution in [1.29, 1.82) is 0 Å². The molecule has 0 saturated carbocycles. The Morgan fingerprint density at radius 1 is 0.419 bits per heavy atom. The number of carboxylic acids is 1. The van der Waals surface area contributed by atoms with Gasteiger partial charge in [0, 0.05) is 12.8 Å². The van der Waals surface area contributed by atoms with Crippen LogP contribution in [0.15, 0.2) is 0 Å². The number of ether oxygens (including phenoxy) is 1. The van der Waals surface area contributed by atoms with Gasteiger partial charge in [0.25, 0.3) is 0 Å². The van der Waals surface area contributed by atoms with E-state index in [-0.39, 0.29) is 18.5 Å². The first kappa shape index (κ1) is 41.9. The summed E-state index contributed by atoms with van der Waals surface area (Å²) >= 11 is 0. The molecule has 0 heterocycles. The molecule has 0 saturated heterocycles. The summed E-state index contributed by atoms with van der Waals surface area (Å²) in [7, 11) is 0. The van der Waals surface area contributed by atoms with Crippen molar-refractivity contribution in [3.8, 4) is 0 Å². The van der Waals surface area contributed by atoms with E-state index in [9.17, 15) is 9.59 Å². The molecule has 0 rings (SSSR count). The zero-order chi connectivity index (χ0) is 31.5. The van der Waals surface area contributed by atoms with Crippen LogP contribution in [0.1, 0.15) is 232 Å². The van der Waals surface area contributed by atoms with Crippen molar-refractivity contribution in [1.82, 2.24) is 0 Å². The van der Waals surface area contributed by atoms with Gasteiger partial charge in [-0.3, -0.25) is 9.59 Å². The van der Waals surface area contributed by atoms with Gasteiger partial charge in [-0.05, 0) is 38.5 Å². The largest absolute Gasteiger partial charge is 0.481 e. The fourth-order valence-electron chi connectivity index (χ4n) is 6.19. The van der Waals surface area contributed by atoms with Crippen LogP contribution < -0.4 is 0 Å². The third-order valence-electron chi connectivity index (χ3n) is 9.08. The number of unbranched alkanes of at least 4 members (excludes halogenated alkanes) is 27. The summed E-state index contributed by atoms with van der Waals surface area (Å²) in [6.07, 6.45) is 41.4. The molecule has 0 fully saturated rings. The first-order valence-electron chi connectivity index (χ1n) is 19.5.